The minimum Gasteiger partial charge on any atom is -0.495 e. The quantitative estimate of drug-likeness (QED) is 0.497. The lowest BCUT2D eigenvalue weighted by Gasteiger charge is -2.18. The summed E-state index contributed by atoms with van der Waals surface area (Å²) in [7, 11) is 1.39. The fourth-order valence-corrected chi connectivity index (χ4v) is 4.08. The SMILES string of the molecule is COc1ccc([N+](=O)[O-])cc1NC(=O)CC1SC(=Nc2ccc3c(c2)OCCO3)NC1=O. The molecule has 2 heterocycles. The Morgan fingerprint density at radius 2 is 2.06 bits per heavy atom. The first-order valence-corrected chi connectivity index (χ1v) is 10.4. The van der Waals surface area contributed by atoms with Gasteiger partial charge in [0.05, 0.1) is 23.4 Å². The molecular formula is C20H18N4O7S. The first kappa shape index (κ1) is 21.4. The number of amides is 2. The lowest BCUT2D eigenvalue weighted by Crippen LogP contribution is -2.28. The van der Waals surface area contributed by atoms with Crippen LogP contribution in [0.1, 0.15) is 6.42 Å². The van der Waals surface area contributed by atoms with Gasteiger partial charge >= 0.3 is 0 Å². The number of nitrogens with one attached hydrogen (secondary N) is 2. The molecule has 11 nitrogen and oxygen atoms in total. The summed E-state index contributed by atoms with van der Waals surface area (Å²) in [5.41, 5.74) is 0.534. The monoisotopic (exact) mass is 458 g/mol. The standard InChI is InChI=1S/C20H18N4O7S/c1-29-14-5-3-12(24(27)28)9-13(14)22-18(25)10-17-19(26)23-20(32-17)21-11-2-4-15-16(8-11)31-7-6-30-15/h2-5,8-9,17H,6-7,10H2,1H3,(H,22,25)(H,21,23,26). The first-order chi connectivity index (χ1) is 15.4. The maximum absolute atomic E-state index is 12.5. The highest BCUT2D eigenvalue weighted by atomic mass is 32.2. The van der Waals surface area contributed by atoms with Gasteiger partial charge in [0, 0.05) is 24.6 Å². The maximum Gasteiger partial charge on any atom is 0.271 e. The third kappa shape index (κ3) is 4.75. The number of hydrogen-bond donors (Lipinski definition) is 2. The molecule has 1 saturated heterocycles. The molecule has 1 unspecified atom stereocenters. The number of anilines is 1. The van der Waals surface area contributed by atoms with E-state index >= 15 is 0 Å². The van der Waals surface area contributed by atoms with E-state index in [0.717, 1.165) is 11.8 Å². The van der Waals surface area contributed by atoms with E-state index in [2.05, 4.69) is 15.6 Å². The number of methoxy groups -OCH3 is 1. The Labute approximate surface area is 186 Å². The fraction of sp³-hybridized carbons (Fsp3) is 0.250. The number of fused-ring (bicyclic) bond motifs is 1. The van der Waals surface area contributed by atoms with Crippen molar-refractivity contribution in [2.45, 2.75) is 11.7 Å². The third-order valence-electron chi connectivity index (χ3n) is 4.57. The summed E-state index contributed by atoms with van der Waals surface area (Å²) in [6, 6.07) is 9.06. The van der Waals surface area contributed by atoms with Gasteiger partial charge in [-0.25, -0.2) is 4.99 Å². The number of carbonyl (C=O) groups excluding carboxylic acids is 2. The Kier molecular flexibility index (Phi) is 6.12. The van der Waals surface area contributed by atoms with Crippen LogP contribution in [-0.4, -0.2) is 47.5 Å². The molecular weight excluding hydrogens is 440 g/mol. The van der Waals surface area contributed by atoms with Gasteiger partial charge in [-0.05, 0) is 18.2 Å². The summed E-state index contributed by atoms with van der Waals surface area (Å²) in [6.07, 6.45) is -0.150. The topological polar surface area (TPSA) is 141 Å². The number of ether oxygens (including phenoxy) is 3. The van der Waals surface area contributed by atoms with Gasteiger partial charge in [-0.15, -0.1) is 0 Å². The van der Waals surface area contributed by atoms with E-state index in [1.165, 1.54) is 25.3 Å². The smallest absolute Gasteiger partial charge is 0.271 e. The van der Waals surface area contributed by atoms with Crippen LogP contribution in [0.15, 0.2) is 41.4 Å². The molecule has 1 atom stereocenters. The van der Waals surface area contributed by atoms with E-state index in [0.29, 0.717) is 35.6 Å². The molecule has 2 aliphatic rings. The van der Waals surface area contributed by atoms with Crippen LogP contribution in [0.25, 0.3) is 0 Å². The lowest BCUT2D eigenvalue weighted by atomic mass is 10.2. The molecule has 0 spiro atoms. The fourth-order valence-electron chi connectivity index (χ4n) is 3.09. The van der Waals surface area contributed by atoms with Crippen molar-refractivity contribution in [3.8, 4) is 17.2 Å². The highest BCUT2D eigenvalue weighted by molar-refractivity contribution is 8.15. The van der Waals surface area contributed by atoms with Gasteiger partial charge in [-0.3, -0.25) is 19.7 Å². The number of nitro benzene ring substituents is 1. The van der Waals surface area contributed by atoms with Crippen LogP contribution >= 0.6 is 11.8 Å². The van der Waals surface area contributed by atoms with E-state index in [4.69, 9.17) is 14.2 Å². The summed E-state index contributed by atoms with van der Waals surface area (Å²) in [4.78, 5) is 39.6. The number of rotatable bonds is 6. The number of aliphatic imine (C=N–C) groups is 1. The van der Waals surface area contributed by atoms with E-state index in [9.17, 15) is 19.7 Å². The van der Waals surface area contributed by atoms with Gasteiger partial charge in [-0.2, -0.15) is 0 Å². The van der Waals surface area contributed by atoms with Gasteiger partial charge in [-0.1, -0.05) is 11.8 Å². The van der Waals surface area contributed by atoms with Crippen molar-refractivity contribution in [1.82, 2.24) is 5.32 Å². The maximum atomic E-state index is 12.5. The summed E-state index contributed by atoms with van der Waals surface area (Å²) >= 11 is 1.12. The molecule has 0 bridgehead atoms. The van der Waals surface area contributed by atoms with E-state index in [1.807, 2.05) is 0 Å². The van der Waals surface area contributed by atoms with E-state index < -0.39 is 16.1 Å². The van der Waals surface area contributed by atoms with Crippen LogP contribution < -0.4 is 24.8 Å². The van der Waals surface area contributed by atoms with E-state index in [-0.39, 0.29) is 29.5 Å². The molecule has 1 fully saturated rings. The summed E-state index contributed by atoms with van der Waals surface area (Å²) in [5.74, 6) is 0.640. The average molecular weight is 458 g/mol. The van der Waals surface area contributed by atoms with Crippen molar-refractivity contribution in [2.24, 2.45) is 4.99 Å². The number of hydrogen-bond acceptors (Lipinski definition) is 9. The number of thioether (sulfide) groups is 1. The number of benzene rings is 2. The molecule has 0 aliphatic carbocycles. The molecule has 2 aromatic carbocycles. The minimum atomic E-state index is -0.698. The number of carbonyl (C=O) groups is 2. The van der Waals surface area contributed by atoms with Gasteiger partial charge < -0.3 is 24.8 Å². The molecule has 0 aromatic heterocycles. The number of nitrogens with zero attached hydrogens (tertiary/aromatic N) is 2. The molecule has 0 saturated carbocycles. The van der Waals surface area contributed by atoms with Crippen LogP contribution in [0.4, 0.5) is 17.1 Å². The molecule has 12 heteroatoms. The van der Waals surface area contributed by atoms with Gasteiger partial charge in [0.15, 0.2) is 16.7 Å². The van der Waals surface area contributed by atoms with Gasteiger partial charge in [0.25, 0.3) is 5.69 Å². The summed E-state index contributed by atoms with van der Waals surface area (Å²) < 4.78 is 16.1. The number of amidine groups is 1. The molecule has 32 heavy (non-hydrogen) atoms. The Morgan fingerprint density at radius 3 is 2.81 bits per heavy atom. The predicted molar refractivity (Wildman–Crippen MR) is 117 cm³/mol. The number of nitro groups is 1. The van der Waals surface area contributed by atoms with Gasteiger partial charge in [0.2, 0.25) is 11.8 Å². The molecule has 4 rings (SSSR count). The first-order valence-electron chi connectivity index (χ1n) is 9.51. The molecule has 2 aromatic rings. The molecule has 166 valence electrons. The van der Waals surface area contributed by atoms with Gasteiger partial charge in [0.1, 0.15) is 24.2 Å². The number of non-ortho nitro benzene ring substituents is 1. The second-order valence-corrected chi connectivity index (χ2v) is 7.93. The van der Waals surface area contributed by atoms with Crippen molar-refractivity contribution in [2.75, 3.05) is 25.6 Å². The van der Waals surface area contributed by atoms with E-state index in [1.54, 1.807) is 18.2 Å². The zero-order chi connectivity index (χ0) is 22.7. The molecule has 0 radical (unpaired) electrons. The Bertz CT molecular complexity index is 1120. The van der Waals surface area contributed by atoms with Crippen molar-refractivity contribution in [3.05, 3.63) is 46.5 Å². The Hall–Kier alpha value is -3.80. The zero-order valence-corrected chi connectivity index (χ0v) is 17.6. The van der Waals surface area contributed by atoms with Crippen LogP contribution in [-0.2, 0) is 9.59 Å². The molecule has 2 amide bonds. The minimum absolute atomic E-state index is 0.150. The average Bonchev–Trinajstić information content (AvgIpc) is 3.11. The van der Waals surface area contributed by atoms with Crippen LogP contribution in [0.5, 0.6) is 17.2 Å². The van der Waals surface area contributed by atoms with Crippen molar-refractivity contribution < 1.29 is 28.7 Å². The zero-order valence-electron chi connectivity index (χ0n) is 16.8. The summed E-state index contributed by atoms with van der Waals surface area (Å²) in [5, 5.41) is 15.9. The highest BCUT2D eigenvalue weighted by Crippen LogP contribution is 2.35. The van der Waals surface area contributed by atoms with Crippen molar-refractivity contribution >= 4 is 45.8 Å². The normalized spacial score (nSPS) is 18.2. The Morgan fingerprint density at radius 1 is 1.28 bits per heavy atom. The van der Waals surface area contributed by atoms with Crippen molar-refractivity contribution in [1.29, 1.82) is 0 Å². The highest BCUT2D eigenvalue weighted by Gasteiger charge is 2.32. The molecule has 2 N–H and O–H groups in total. The molecule has 2 aliphatic heterocycles. The van der Waals surface area contributed by atoms with Crippen LogP contribution in [0.2, 0.25) is 0 Å². The van der Waals surface area contributed by atoms with Crippen LogP contribution in [0.3, 0.4) is 0 Å². The van der Waals surface area contributed by atoms with Crippen LogP contribution in [0, 0.1) is 10.1 Å². The second-order valence-electron chi connectivity index (χ2n) is 6.73. The Balaban J connectivity index is 1.42. The predicted octanol–water partition coefficient (Wildman–Crippen LogP) is 2.62. The lowest BCUT2D eigenvalue weighted by molar-refractivity contribution is -0.384. The van der Waals surface area contributed by atoms with Crippen molar-refractivity contribution in [3.63, 3.8) is 0 Å². The summed E-state index contributed by atoms with van der Waals surface area (Å²) in [6.45, 7) is 0.934. The largest absolute Gasteiger partial charge is 0.495 e. The third-order valence-corrected chi connectivity index (χ3v) is 5.65. The second kappa shape index (κ2) is 9.14.